The van der Waals surface area contributed by atoms with E-state index in [4.69, 9.17) is 24.1 Å². The number of morpholine rings is 1. The molecule has 6 aromatic rings. The maximum Gasteiger partial charge on any atom is 0.222 e. The number of carbonyl (C=O) groups is 3. The zero-order valence-electron chi connectivity index (χ0n) is 83.8. The van der Waals surface area contributed by atoms with Crippen molar-refractivity contribution in [1.29, 1.82) is 0 Å². The minimum absolute atomic E-state index is 0.00863. The first kappa shape index (κ1) is 119. The highest BCUT2D eigenvalue weighted by Crippen LogP contribution is 2.21. The van der Waals surface area contributed by atoms with E-state index in [1.807, 2.05) is 110 Å². The first-order valence-corrected chi connectivity index (χ1v) is 47.1. The van der Waals surface area contributed by atoms with E-state index in [0.29, 0.717) is 73.9 Å². The van der Waals surface area contributed by atoms with Crippen molar-refractivity contribution in [2.75, 3.05) is 132 Å². The molecule has 1 saturated carbocycles. The molecule has 0 unspecified atom stereocenters. The molecule has 24 heteroatoms. The van der Waals surface area contributed by atoms with Crippen LogP contribution in [-0.2, 0) is 74.7 Å². The smallest absolute Gasteiger partial charge is 0.222 e. The molecular formula is C102H180FN15O8. The lowest BCUT2D eigenvalue weighted by Crippen LogP contribution is -2.45. The third-order valence-electron chi connectivity index (χ3n) is 20.0. The van der Waals surface area contributed by atoms with Crippen LogP contribution < -0.4 is 47.3 Å². The SMILES string of the molecule is CC(C)C(=O)NCc1ccc(F)cc1.CC(C)NCCN1CCOCC1.CC(C)NCCc1ccc(O)cc1.CC(C)NCc1cccn1C.CC(C)OC1CCCCC1.CC(C)OCCN1CCN(C)CC1.CCN(CC)CCNC(C)C.COc1ccc(CCNC(C)C)cc1.Cc1ccc(CNC(=O)C(C)C)nc1.Cc1cccc(CNC(=O)C(C)C)n1. The molecule has 2 saturated heterocycles. The zero-order chi connectivity index (χ0) is 94.6. The summed E-state index contributed by atoms with van der Waals surface area (Å²) in [5.74, 6) is 1.17. The molecule has 0 bridgehead atoms. The van der Waals surface area contributed by atoms with Crippen molar-refractivity contribution >= 4 is 17.7 Å². The first-order chi connectivity index (χ1) is 59.8. The molecule has 3 aromatic carbocycles. The van der Waals surface area contributed by atoms with Crippen LogP contribution >= 0.6 is 0 Å². The number of carbonyl (C=O) groups excluding carboxylic acids is 3. The Hall–Kier alpha value is -7.30. The summed E-state index contributed by atoms with van der Waals surface area (Å²) in [7, 11) is 5.94. The van der Waals surface area contributed by atoms with Crippen LogP contribution in [-0.4, -0.2) is 238 Å². The summed E-state index contributed by atoms with van der Waals surface area (Å²) in [5.41, 5.74) is 8.73. The van der Waals surface area contributed by atoms with Crippen LogP contribution in [0, 0.1) is 37.4 Å². The van der Waals surface area contributed by atoms with Gasteiger partial charge in [-0.25, -0.2) is 4.39 Å². The Morgan fingerprint density at radius 1 is 0.516 bits per heavy atom. The lowest BCUT2D eigenvalue weighted by Gasteiger charge is -2.32. The van der Waals surface area contributed by atoms with E-state index < -0.39 is 0 Å². The van der Waals surface area contributed by atoms with E-state index in [1.54, 1.807) is 37.6 Å². The molecule has 3 fully saturated rings. The largest absolute Gasteiger partial charge is 0.508 e. The van der Waals surface area contributed by atoms with Gasteiger partial charge in [0, 0.05) is 164 Å². The Balaban J connectivity index is 0.00000138. The summed E-state index contributed by atoms with van der Waals surface area (Å²) in [6, 6.07) is 38.5. The van der Waals surface area contributed by atoms with Gasteiger partial charge in [-0.1, -0.05) is 192 Å². The lowest BCUT2D eigenvalue weighted by molar-refractivity contribution is -0.124. The van der Waals surface area contributed by atoms with Crippen molar-refractivity contribution < 1.29 is 42.8 Å². The molecule has 3 aromatic heterocycles. The number of ether oxygens (including phenoxy) is 4. The van der Waals surface area contributed by atoms with Crippen LogP contribution in [0.2, 0.25) is 0 Å². The van der Waals surface area contributed by atoms with Gasteiger partial charge < -0.3 is 81.0 Å². The molecule has 5 heterocycles. The van der Waals surface area contributed by atoms with Gasteiger partial charge in [0.15, 0.2) is 0 Å². The highest BCUT2D eigenvalue weighted by Gasteiger charge is 2.17. The number of amides is 3. The topological polar surface area (TPSA) is 248 Å². The number of aromatic nitrogens is 3. The first-order valence-electron chi connectivity index (χ1n) is 47.1. The fourth-order valence-electron chi connectivity index (χ4n) is 12.0. The summed E-state index contributed by atoms with van der Waals surface area (Å²) < 4.78 is 36.2. The number of nitrogens with zero attached hydrogens (tertiary/aromatic N) is 7. The number of phenols is 1. The van der Waals surface area contributed by atoms with Gasteiger partial charge in [0.2, 0.25) is 17.7 Å². The second-order valence-electron chi connectivity index (χ2n) is 35.4. The maximum atomic E-state index is 12.5. The van der Waals surface area contributed by atoms with Crippen molar-refractivity contribution in [3.8, 4) is 11.5 Å². The van der Waals surface area contributed by atoms with Crippen LogP contribution in [0.5, 0.6) is 11.5 Å². The van der Waals surface area contributed by atoms with Crippen molar-refractivity contribution in [2.24, 2.45) is 24.8 Å². The number of hydrogen-bond acceptors (Lipinski definition) is 19. The van der Waals surface area contributed by atoms with E-state index in [-0.39, 0.29) is 41.3 Å². The Labute approximate surface area is 765 Å². The molecule has 126 heavy (non-hydrogen) atoms. The molecule has 9 N–H and O–H groups in total. The third-order valence-corrected chi connectivity index (χ3v) is 20.0. The number of piperazine rings is 1. The average molecular weight is 1760 g/mol. The molecular weight excluding hydrogens is 1580 g/mol. The highest BCUT2D eigenvalue weighted by molar-refractivity contribution is 5.78. The highest BCUT2D eigenvalue weighted by atomic mass is 19.1. The number of aromatic hydroxyl groups is 1. The van der Waals surface area contributed by atoms with Crippen molar-refractivity contribution in [3.05, 3.63) is 179 Å². The number of benzene rings is 3. The van der Waals surface area contributed by atoms with Gasteiger partial charge in [-0.05, 0) is 189 Å². The zero-order valence-corrected chi connectivity index (χ0v) is 83.8. The lowest BCUT2D eigenvalue weighted by atomic mass is 9.98. The van der Waals surface area contributed by atoms with Crippen molar-refractivity contribution in [1.82, 2.24) is 76.7 Å². The molecule has 0 spiro atoms. The molecule has 0 radical (unpaired) electrons. The number of methoxy groups -OCH3 is 1. The van der Waals surface area contributed by atoms with E-state index in [9.17, 15) is 18.8 Å². The molecule has 2 aliphatic heterocycles. The van der Waals surface area contributed by atoms with E-state index in [2.05, 4.69) is 232 Å². The molecule has 3 amide bonds. The fraction of sp³-hybridized carbons (Fsp3) is 0.657. The Bertz CT molecular complexity index is 3470. The Morgan fingerprint density at radius 3 is 1.45 bits per heavy atom. The third kappa shape index (κ3) is 68.8. The minimum atomic E-state index is -0.260. The number of nitrogens with one attached hydrogen (secondary N) is 8. The van der Waals surface area contributed by atoms with Gasteiger partial charge in [0.05, 0.1) is 69.7 Å². The van der Waals surface area contributed by atoms with Gasteiger partial charge in [-0.15, -0.1) is 0 Å². The molecule has 718 valence electrons. The van der Waals surface area contributed by atoms with Crippen molar-refractivity contribution in [3.63, 3.8) is 0 Å². The van der Waals surface area contributed by atoms with Gasteiger partial charge in [0.1, 0.15) is 17.3 Å². The van der Waals surface area contributed by atoms with Crippen LogP contribution in [0.15, 0.2) is 128 Å². The maximum absolute atomic E-state index is 12.5. The summed E-state index contributed by atoms with van der Waals surface area (Å²) in [5, 5.41) is 34.4. The Morgan fingerprint density at radius 2 is 1.00 bits per heavy atom. The van der Waals surface area contributed by atoms with Gasteiger partial charge in [-0.2, -0.15) is 0 Å². The average Bonchev–Trinajstić information content (AvgIpc) is 1.85. The molecule has 3 aliphatic rings. The molecule has 0 atom stereocenters. The fourth-order valence-corrected chi connectivity index (χ4v) is 12.0. The second kappa shape index (κ2) is 74.5. The van der Waals surface area contributed by atoms with E-state index >= 15 is 0 Å². The number of aryl methyl sites for hydroxylation is 3. The normalized spacial score (nSPS) is 13.5. The number of halogens is 1. The summed E-state index contributed by atoms with van der Waals surface area (Å²) in [6.45, 7) is 71.6. The molecule has 1 aliphatic carbocycles. The number of hydrogen-bond donors (Lipinski definition) is 9. The quantitative estimate of drug-likeness (QED) is 0.0176. The Kier molecular flexibility index (Phi) is 70.2. The number of pyridine rings is 2. The second-order valence-corrected chi connectivity index (χ2v) is 35.4. The number of phenolic OH excluding ortho intramolecular Hbond substituents is 1. The number of rotatable bonds is 37. The number of likely N-dealkylation sites (N-methyl/N-ethyl adjacent to an activating group) is 2. The van der Waals surface area contributed by atoms with Gasteiger partial charge >= 0.3 is 0 Å². The summed E-state index contributed by atoms with van der Waals surface area (Å²) in [6.07, 6.45) is 14.1. The summed E-state index contributed by atoms with van der Waals surface area (Å²) in [4.78, 5) is 51.9. The standard InChI is InChI=1S/C12H19NO.C11H14FNO.2C11H16N2O.C11H17NO.C10H22N2O.C9H20N2O.C9H16N2.C9H22N2.C9H18O/c1-10(2)13-9-8-11-4-6-12(14-3)7-5-11;1-8(2)11(14)13-7-9-3-5-10(12)6-4-9;1-8(2)11(14)13-7-10-5-4-9(3)6-12-10;1-8(2)11(14)12-7-10-6-4-5-9(3)13-10;1-9(2)12-8-7-10-3-5-11(13)6-4-10;1-10(2)13-9-8-12-6-4-11(3)5-7-12;1-9(2)10-3-4-11-5-7-12-8-6-11;1-8(2)10-7-9-5-4-6-11(9)3;1-5-11(6-2)8-7-10-9(3)4;1-8(2)10-9-6-4-3-5-7-9/h4-7,10,13H,8-9H2,1-3H3;3-6,8H,7H2,1-2H3,(H,13,14);4-6,8H,7H2,1-3H3,(H,13,14);4-6,8H,7H2,1-3H3,(H,12,14);3-6,9,12-13H,7-8H2,1-2H3;10H,4-9H2,1-3H3;9-10H,3-8H2,1-2H3;4-6,8,10H,7H2,1-3H3;9-10H,5-8H2,1-4H3;8-9H,3-7H2,1-2H3. The predicted octanol–water partition coefficient (Wildman–Crippen LogP) is 16.2. The van der Waals surface area contributed by atoms with Crippen LogP contribution in [0.25, 0.3) is 0 Å². The van der Waals surface area contributed by atoms with E-state index in [1.165, 1.54) is 93.8 Å². The predicted molar refractivity (Wildman–Crippen MR) is 526 cm³/mol. The van der Waals surface area contributed by atoms with Crippen LogP contribution in [0.4, 0.5) is 4.39 Å². The van der Waals surface area contributed by atoms with Gasteiger partial charge in [-0.3, -0.25) is 34.2 Å². The van der Waals surface area contributed by atoms with Crippen molar-refractivity contribution in [2.45, 2.75) is 286 Å². The van der Waals surface area contributed by atoms with Gasteiger partial charge in [0.25, 0.3) is 0 Å². The molecule has 9 rings (SSSR count). The van der Waals surface area contributed by atoms with Crippen LogP contribution in [0.1, 0.15) is 229 Å². The summed E-state index contributed by atoms with van der Waals surface area (Å²) >= 11 is 0. The minimum Gasteiger partial charge on any atom is -0.508 e. The van der Waals surface area contributed by atoms with E-state index in [0.717, 1.165) is 139 Å². The van der Waals surface area contributed by atoms with Crippen LogP contribution in [0.3, 0.4) is 0 Å². The molecule has 23 nitrogen and oxygen atoms in total. The monoisotopic (exact) mass is 1760 g/mol.